The van der Waals surface area contributed by atoms with E-state index < -0.39 is 41.4 Å². The Morgan fingerprint density at radius 2 is 1.74 bits per heavy atom. The quantitative estimate of drug-likeness (QED) is 0.475. The summed E-state index contributed by atoms with van der Waals surface area (Å²) in [5, 5.41) is 5.17. The summed E-state index contributed by atoms with van der Waals surface area (Å²) >= 11 is 6.06. The van der Waals surface area contributed by atoms with Gasteiger partial charge in [0.1, 0.15) is 6.04 Å². The van der Waals surface area contributed by atoms with Crippen molar-refractivity contribution in [3.8, 4) is 0 Å². The van der Waals surface area contributed by atoms with Gasteiger partial charge < -0.3 is 5.32 Å². The van der Waals surface area contributed by atoms with Crippen molar-refractivity contribution in [2.45, 2.75) is 38.8 Å². The Balaban J connectivity index is 1.41. The lowest BCUT2D eigenvalue weighted by Gasteiger charge is -2.27. The van der Waals surface area contributed by atoms with Gasteiger partial charge in [-0.05, 0) is 48.2 Å². The van der Waals surface area contributed by atoms with E-state index in [0.717, 1.165) is 10.5 Å². The molecule has 2 aliphatic rings. The Hall–Kier alpha value is -3.85. The summed E-state index contributed by atoms with van der Waals surface area (Å²) in [6.45, 7) is 1.80. The fraction of sp³-hybridized carbons (Fsp3) is 0.250. The first-order valence-corrected chi connectivity index (χ1v) is 10.9. The minimum atomic E-state index is -1.05. The summed E-state index contributed by atoms with van der Waals surface area (Å²) in [6.07, 6.45) is -0.0127. The average Bonchev–Trinajstić information content (AvgIpc) is 3.04. The van der Waals surface area contributed by atoms with Gasteiger partial charge in [-0.1, -0.05) is 29.8 Å². The Morgan fingerprint density at radius 3 is 2.44 bits per heavy atom. The number of nitrogens with zero attached hydrogens (tertiary/aromatic N) is 1. The number of Topliss-reactive ketones (excluding diaryl/α,β-unsaturated/α-hetero) is 1. The molecule has 2 aromatic carbocycles. The van der Waals surface area contributed by atoms with Gasteiger partial charge in [0.25, 0.3) is 17.7 Å². The van der Waals surface area contributed by atoms with E-state index in [2.05, 4.69) is 10.6 Å². The molecule has 2 aliphatic heterocycles. The molecule has 0 bridgehead atoms. The van der Waals surface area contributed by atoms with E-state index in [9.17, 15) is 28.8 Å². The number of carbonyl (C=O) groups is 6. The molecule has 34 heavy (non-hydrogen) atoms. The maximum absolute atomic E-state index is 12.9. The number of halogens is 1. The van der Waals surface area contributed by atoms with E-state index in [1.807, 2.05) is 6.92 Å². The third-order valence-electron chi connectivity index (χ3n) is 5.81. The molecule has 9 nitrogen and oxygen atoms in total. The third kappa shape index (κ3) is 4.47. The van der Waals surface area contributed by atoms with E-state index in [4.69, 9.17) is 11.6 Å². The molecule has 10 heteroatoms. The number of fused-ring (bicyclic) bond motifs is 1. The minimum Gasteiger partial charge on any atom is -0.345 e. The molecule has 0 spiro atoms. The highest BCUT2D eigenvalue weighted by Crippen LogP contribution is 2.28. The van der Waals surface area contributed by atoms with Crippen molar-refractivity contribution in [3.05, 3.63) is 69.2 Å². The number of carbonyl (C=O) groups excluding carboxylic acids is 6. The molecule has 1 fully saturated rings. The van der Waals surface area contributed by atoms with Crippen molar-refractivity contribution in [2.24, 2.45) is 0 Å². The average molecular weight is 482 g/mol. The molecule has 2 aromatic rings. The zero-order chi connectivity index (χ0) is 24.6. The Bertz CT molecular complexity index is 1270. The lowest BCUT2D eigenvalue weighted by Crippen LogP contribution is -2.54. The van der Waals surface area contributed by atoms with Crippen LogP contribution in [0.25, 0.3) is 0 Å². The van der Waals surface area contributed by atoms with E-state index >= 15 is 0 Å². The number of ketones is 1. The van der Waals surface area contributed by atoms with E-state index in [0.29, 0.717) is 16.1 Å². The Kier molecular flexibility index (Phi) is 6.30. The summed E-state index contributed by atoms with van der Waals surface area (Å²) in [5.41, 5.74) is 2.22. The van der Waals surface area contributed by atoms with Crippen molar-refractivity contribution in [1.29, 1.82) is 0 Å². The first-order chi connectivity index (χ1) is 16.2. The molecule has 4 rings (SSSR count). The number of amides is 5. The first kappa shape index (κ1) is 23.3. The van der Waals surface area contributed by atoms with Gasteiger partial charge in [0.05, 0.1) is 11.1 Å². The van der Waals surface area contributed by atoms with Crippen molar-refractivity contribution < 1.29 is 28.8 Å². The van der Waals surface area contributed by atoms with E-state index in [1.165, 1.54) is 12.1 Å². The molecular weight excluding hydrogens is 462 g/mol. The van der Waals surface area contributed by atoms with Gasteiger partial charge >= 0.3 is 0 Å². The van der Waals surface area contributed by atoms with Crippen LogP contribution < -0.4 is 10.6 Å². The molecule has 0 saturated carbocycles. The van der Waals surface area contributed by atoms with Crippen LogP contribution in [0.3, 0.4) is 0 Å². The monoisotopic (exact) mass is 481 g/mol. The summed E-state index contributed by atoms with van der Waals surface area (Å²) in [6, 6.07) is 8.53. The number of nitrogens with one attached hydrogen (secondary N) is 2. The molecule has 1 unspecified atom stereocenters. The van der Waals surface area contributed by atoms with Gasteiger partial charge in [0, 0.05) is 24.4 Å². The summed E-state index contributed by atoms with van der Waals surface area (Å²) in [5.74, 6) is -3.82. The van der Waals surface area contributed by atoms with Crippen molar-refractivity contribution in [2.75, 3.05) is 0 Å². The van der Waals surface area contributed by atoms with Crippen LogP contribution in [0.2, 0.25) is 5.02 Å². The van der Waals surface area contributed by atoms with E-state index in [1.54, 1.807) is 24.3 Å². The van der Waals surface area contributed by atoms with Crippen LogP contribution in [0.15, 0.2) is 36.4 Å². The van der Waals surface area contributed by atoms with Crippen LogP contribution in [-0.2, 0) is 32.1 Å². The Morgan fingerprint density at radius 1 is 1.03 bits per heavy atom. The van der Waals surface area contributed by atoms with E-state index in [-0.39, 0.29) is 36.9 Å². The van der Waals surface area contributed by atoms with Crippen LogP contribution in [0.1, 0.15) is 50.2 Å². The number of hydrogen-bond donors (Lipinski definition) is 2. The van der Waals surface area contributed by atoms with Crippen LogP contribution in [0, 0.1) is 6.92 Å². The maximum Gasteiger partial charge on any atom is 0.287 e. The highest BCUT2D eigenvalue weighted by Gasteiger charge is 2.44. The largest absolute Gasteiger partial charge is 0.345 e. The van der Waals surface area contributed by atoms with Gasteiger partial charge in [-0.3, -0.25) is 39.0 Å². The summed E-state index contributed by atoms with van der Waals surface area (Å²) in [4.78, 5) is 74.5. The third-order valence-corrected chi connectivity index (χ3v) is 6.22. The highest BCUT2D eigenvalue weighted by atomic mass is 35.5. The van der Waals surface area contributed by atoms with Crippen molar-refractivity contribution >= 4 is 46.9 Å². The minimum absolute atomic E-state index is 0.0317. The summed E-state index contributed by atoms with van der Waals surface area (Å²) < 4.78 is 0. The molecular formula is C24H20ClN3O6. The highest BCUT2D eigenvalue weighted by molar-refractivity contribution is 6.36. The zero-order valence-electron chi connectivity index (χ0n) is 18.1. The van der Waals surface area contributed by atoms with Crippen LogP contribution >= 0.6 is 11.6 Å². The fourth-order valence-electron chi connectivity index (χ4n) is 3.92. The predicted molar refractivity (Wildman–Crippen MR) is 120 cm³/mol. The summed E-state index contributed by atoms with van der Waals surface area (Å²) in [7, 11) is 0. The SMILES string of the molecule is Cc1ccc(CC(=O)C(=O)NCc2ccc3c(c2)C(=O)N(C2CCC(=O)NC2=O)C3=O)cc1Cl. The van der Waals surface area contributed by atoms with Gasteiger partial charge in [-0.15, -0.1) is 0 Å². The van der Waals surface area contributed by atoms with Gasteiger partial charge in [0.15, 0.2) is 0 Å². The van der Waals surface area contributed by atoms with Crippen molar-refractivity contribution in [3.63, 3.8) is 0 Å². The molecule has 5 amide bonds. The second kappa shape index (κ2) is 9.18. The normalized spacial score (nSPS) is 17.5. The molecule has 0 aliphatic carbocycles. The number of benzene rings is 2. The van der Waals surface area contributed by atoms with Crippen LogP contribution in [-0.4, -0.2) is 46.3 Å². The van der Waals surface area contributed by atoms with Crippen LogP contribution in [0.4, 0.5) is 0 Å². The first-order valence-electron chi connectivity index (χ1n) is 10.6. The number of hydrogen-bond acceptors (Lipinski definition) is 6. The smallest absolute Gasteiger partial charge is 0.287 e. The topological polar surface area (TPSA) is 130 Å². The van der Waals surface area contributed by atoms with Gasteiger partial charge in [-0.2, -0.15) is 0 Å². The number of piperidine rings is 1. The van der Waals surface area contributed by atoms with Crippen LogP contribution in [0.5, 0.6) is 0 Å². The molecule has 2 heterocycles. The predicted octanol–water partition coefficient (Wildman–Crippen LogP) is 1.48. The fourth-order valence-corrected chi connectivity index (χ4v) is 4.12. The van der Waals surface area contributed by atoms with Crippen molar-refractivity contribution in [1.82, 2.24) is 15.5 Å². The lowest BCUT2D eigenvalue weighted by molar-refractivity contribution is -0.137. The van der Waals surface area contributed by atoms with Gasteiger partial charge in [0.2, 0.25) is 17.6 Å². The maximum atomic E-state index is 12.9. The number of rotatable bonds is 6. The van der Waals surface area contributed by atoms with Gasteiger partial charge in [-0.25, -0.2) is 0 Å². The molecule has 1 saturated heterocycles. The molecule has 2 N–H and O–H groups in total. The zero-order valence-corrected chi connectivity index (χ0v) is 18.9. The molecule has 1 atom stereocenters. The second-order valence-corrected chi connectivity index (χ2v) is 8.60. The molecule has 0 aromatic heterocycles. The Labute approximate surface area is 199 Å². The second-order valence-electron chi connectivity index (χ2n) is 8.19. The molecule has 174 valence electrons. The number of aryl methyl sites for hydroxylation is 1. The lowest BCUT2D eigenvalue weighted by atomic mass is 10.0. The number of imide groups is 2. The standard InChI is InChI=1S/C24H20ClN3O6/c1-12-2-3-13(9-17(12)25)10-19(29)22(32)26-11-14-4-5-15-16(8-14)24(34)28(23(15)33)18-6-7-20(30)27-21(18)31/h2-5,8-9,18H,6-7,10-11H2,1H3,(H,26,32)(H,27,30,31). The molecule has 0 radical (unpaired) electrons.